The highest BCUT2D eigenvalue weighted by Crippen LogP contribution is 2.44. The summed E-state index contributed by atoms with van der Waals surface area (Å²) < 4.78 is 5.18. The van der Waals surface area contributed by atoms with E-state index in [1.165, 1.54) is 24.3 Å². The number of hydrogen-bond acceptors (Lipinski definition) is 6. The van der Waals surface area contributed by atoms with E-state index in [1.807, 2.05) is 36.4 Å². The van der Waals surface area contributed by atoms with Crippen LogP contribution >= 0.6 is 0 Å². The quantitative estimate of drug-likeness (QED) is 0.324. The smallest absolute Gasteiger partial charge is 0.407 e. The van der Waals surface area contributed by atoms with Gasteiger partial charge in [-0.05, 0) is 34.4 Å². The van der Waals surface area contributed by atoms with Crippen LogP contribution in [0.25, 0.3) is 11.1 Å². The number of benzene rings is 3. The van der Waals surface area contributed by atoms with E-state index in [4.69, 9.17) is 9.84 Å². The van der Waals surface area contributed by atoms with Gasteiger partial charge < -0.3 is 20.5 Å². The number of ether oxygens (including phenoxy) is 1. The molecular formula is C26H25N3O7. The Morgan fingerprint density at radius 3 is 2.00 bits per heavy atom. The lowest BCUT2D eigenvalue weighted by Gasteiger charge is -2.14. The van der Waals surface area contributed by atoms with E-state index in [-0.39, 0.29) is 24.1 Å². The van der Waals surface area contributed by atoms with Gasteiger partial charge in [0, 0.05) is 30.2 Å². The summed E-state index contributed by atoms with van der Waals surface area (Å²) in [6.07, 6.45) is -0.332. The fraction of sp³-hybridized carbons (Fsp3) is 0.192. The summed E-state index contributed by atoms with van der Waals surface area (Å²) in [5, 5.41) is 23.6. The number of fused-ring (bicyclic) bond motifs is 3. The Bertz CT molecular complexity index is 1210. The van der Waals surface area contributed by atoms with Gasteiger partial charge in [-0.25, -0.2) is 4.79 Å². The van der Waals surface area contributed by atoms with Crippen molar-refractivity contribution in [3.05, 3.63) is 94.0 Å². The molecule has 36 heavy (non-hydrogen) atoms. The van der Waals surface area contributed by atoms with Gasteiger partial charge in [0.2, 0.25) is 5.91 Å². The third-order valence-electron chi connectivity index (χ3n) is 5.41. The molecule has 0 radical (unpaired) electrons. The van der Waals surface area contributed by atoms with Gasteiger partial charge in [0.25, 0.3) is 5.69 Å². The van der Waals surface area contributed by atoms with Crippen LogP contribution in [0.1, 0.15) is 30.4 Å². The number of nitro groups is 1. The van der Waals surface area contributed by atoms with Gasteiger partial charge >= 0.3 is 12.1 Å². The molecule has 2 amide bonds. The Hall–Kier alpha value is -4.73. The molecule has 0 fully saturated rings. The molecule has 10 nitrogen and oxygen atoms in total. The largest absolute Gasteiger partial charge is 0.480 e. The maximum absolute atomic E-state index is 11.5. The van der Waals surface area contributed by atoms with Crippen LogP contribution in [0.5, 0.6) is 0 Å². The van der Waals surface area contributed by atoms with Crippen LogP contribution in [0.2, 0.25) is 0 Å². The summed E-state index contributed by atoms with van der Waals surface area (Å²) in [5.74, 6) is -1.24. The first-order valence-corrected chi connectivity index (χ1v) is 11.1. The Kier molecular flexibility index (Phi) is 8.71. The molecule has 1 aliphatic carbocycles. The zero-order chi connectivity index (χ0) is 26.1. The van der Waals surface area contributed by atoms with Gasteiger partial charge in [-0.2, -0.15) is 0 Å². The van der Waals surface area contributed by atoms with E-state index in [0.29, 0.717) is 12.1 Å². The van der Waals surface area contributed by atoms with Crippen molar-refractivity contribution in [2.24, 2.45) is 0 Å². The fourth-order valence-electron chi connectivity index (χ4n) is 3.71. The standard InChI is InChI=1S/C17H15NO4.C9H10N2O3/c19-16(20)9-18-17(21)22-10-15-13-7-3-1-5-11(13)12-6-2-4-8-14(12)15;1-2-9(12)10-7-3-5-8(6-4-7)11(13)14/h1-8,15H,9-10H2,(H,18,21)(H,19,20);3-6H,2H2,1H3,(H,10,12). The van der Waals surface area contributed by atoms with E-state index >= 15 is 0 Å². The molecule has 0 aromatic heterocycles. The number of nitrogens with zero attached hydrogens (tertiary/aromatic N) is 1. The number of carbonyl (C=O) groups excluding carboxylic acids is 2. The maximum atomic E-state index is 11.5. The molecule has 1 aliphatic rings. The highest BCUT2D eigenvalue weighted by Gasteiger charge is 2.28. The second-order valence-electron chi connectivity index (χ2n) is 7.78. The number of rotatable bonds is 7. The van der Waals surface area contributed by atoms with Crippen LogP contribution in [0.4, 0.5) is 16.2 Å². The molecule has 0 bridgehead atoms. The van der Waals surface area contributed by atoms with Crippen molar-refractivity contribution in [3.8, 4) is 11.1 Å². The number of carboxylic acid groups (broad SMARTS) is 1. The van der Waals surface area contributed by atoms with E-state index < -0.39 is 23.5 Å². The molecule has 0 spiro atoms. The van der Waals surface area contributed by atoms with Gasteiger partial charge in [0.1, 0.15) is 13.2 Å². The summed E-state index contributed by atoms with van der Waals surface area (Å²) >= 11 is 0. The lowest BCUT2D eigenvalue weighted by molar-refractivity contribution is -0.384. The van der Waals surface area contributed by atoms with Crippen LogP contribution in [-0.2, 0) is 14.3 Å². The number of hydrogen-bond donors (Lipinski definition) is 3. The highest BCUT2D eigenvalue weighted by molar-refractivity contribution is 5.90. The van der Waals surface area contributed by atoms with Crippen molar-refractivity contribution in [3.63, 3.8) is 0 Å². The normalized spacial score (nSPS) is 11.2. The van der Waals surface area contributed by atoms with Crippen LogP contribution in [-0.4, -0.2) is 41.2 Å². The summed E-state index contributed by atoms with van der Waals surface area (Å²) in [6.45, 7) is 1.47. The van der Waals surface area contributed by atoms with Crippen LogP contribution in [0, 0.1) is 10.1 Å². The second kappa shape index (κ2) is 12.1. The molecular weight excluding hydrogens is 466 g/mol. The van der Waals surface area contributed by atoms with E-state index in [2.05, 4.69) is 22.8 Å². The minimum Gasteiger partial charge on any atom is -0.480 e. The summed E-state index contributed by atoms with van der Waals surface area (Å²) in [5.41, 5.74) is 5.13. The predicted molar refractivity (Wildman–Crippen MR) is 133 cm³/mol. The molecule has 186 valence electrons. The second-order valence-corrected chi connectivity index (χ2v) is 7.78. The molecule has 0 unspecified atom stereocenters. The SMILES string of the molecule is CCC(=O)Nc1ccc([N+](=O)[O-])cc1.O=C(O)CNC(=O)OCC1c2ccccc2-c2ccccc21. The Morgan fingerprint density at radius 2 is 1.50 bits per heavy atom. The number of anilines is 1. The lowest BCUT2D eigenvalue weighted by Crippen LogP contribution is -2.30. The zero-order valence-electron chi connectivity index (χ0n) is 19.5. The number of amides is 2. The third kappa shape index (κ3) is 6.66. The highest BCUT2D eigenvalue weighted by atomic mass is 16.6. The number of nitrogens with one attached hydrogen (secondary N) is 2. The molecule has 3 N–H and O–H groups in total. The van der Waals surface area contributed by atoms with E-state index in [1.54, 1.807) is 6.92 Å². The molecule has 0 atom stereocenters. The van der Waals surface area contributed by atoms with Crippen LogP contribution in [0.15, 0.2) is 72.8 Å². The molecule has 0 saturated carbocycles. The van der Waals surface area contributed by atoms with Crippen LogP contribution < -0.4 is 10.6 Å². The summed E-state index contributed by atoms with van der Waals surface area (Å²) in [7, 11) is 0. The number of aliphatic carboxylic acids is 1. The first-order valence-electron chi connectivity index (χ1n) is 11.1. The third-order valence-corrected chi connectivity index (χ3v) is 5.41. The lowest BCUT2D eigenvalue weighted by atomic mass is 9.98. The topological polar surface area (TPSA) is 148 Å². The Morgan fingerprint density at radius 1 is 0.944 bits per heavy atom. The van der Waals surface area contributed by atoms with Gasteiger partial charge in [0.15, 0.2) is 0 Å². The molecule has 4 rings (SSSR count). The molecule has 10 heteroatoms. The number of alkyl carbamates (subject to hydrolysis) is 1. The van der Waals surface area contributed by atoms with Gasteiger partial charge in [-0.3, -0.25) is 19.7 Å². The molecule has 0 aliphatic heterocycles. The van der Waals surface area contributed by atoms with E-state index in [9.17, 15) is 24.5 Å². The van der Waals surface area contributed by atoms with Crippen molar-refractivity contribution >= 4 is 29.3 Å². The first kappa shape index (κ1) is 25.9. The first-order chi connectivity index (χ1) is 17.3. The number of carbonyl (C=O) groups is 3. The van der Waals surface area contributed by atoms with Gasteiger partial charge in [0.05, 0.1) is 4.92 Å². The molecule has 3 aromatic rings. The minimum absolute atomic E-state index is 0.0134. The number of nitro benzene ring substituents is 1. The average molecular weight is 492 g/mol. The van der Waals surface area contributed by atoms with Gasteiger partial charge in [-0.1, -0.05) is 55.5 Å². The monoisotopic (exact) mass is 491 g/mol. The van der Waals surface area contributed by atoms with Crippen molar-refractivity contribution in [1.29, 1.82) is 0 Å². The minimum atomic E-state index is -1.10. The van der Waals surface area contributed by atoms with Crippen molar-refractivity contribution in [1.82, 2.24) is 5.32 Å². The van der Waals surface area contributed by atoms with E-state index in [0.717, 1.165) is 22.3 Å². The fourth-order valence-corrected chi connectivity index (χ4v) is 3.71. The Balaban J connectivity index is 0.000000223. The molecule has 3 aromatic carbocycles. The predicted octanol–water partition coefficient (Wildman–Crippen LogP) is 4.55. The van der Waals surface area contributed by atoms with Gasteiger partial charge in [-0.15, -0.1) is 0 Å². The summed E-state index contributed by atoms with van der Waals surface area (Å²) in [6, 6.07) is 21.8. The Labute approximate surface area is 207 Å². The molecule has 0 saturated heterocycles. The number of non-ortho nitro benzene ring substituents is 1. The average Bonchev–Trinajstić information content (AvgIpc) is 3.20. The van der Waals surface area contributed by atoms with Crippen molar-refractivity contribution in [2.45, 2.75) is 19.3 Å². The molecule has 0 heterocycles. The van der Waals surface area contributed by atoms with Crippen molar-refractivity contribution in [2.75, 3.05) is 18.5 Å². The zero-order valence-corrected chi connectivity index (χ0v) is 19.5. The number of carboxylic acids is 1. The van der Waals surface area contributed by atoms with Crippen LogP contribution in [0.3, 0.4) is 0 Å². The summed E-state index contributed by atoms with van der Waals surface area (Å²) in [4.78, 5) is 42.7. The van der Waals surface area contributed by atoms with Crippen molar-refractivity contribution < 1.29 is 29.2 Å². The maximum Gasteiger partial charge on any atom is 0.407 e.